The summed E-state index contributed by atoms with van der Waals surface area (Å²) < 4.78 is 6.09. The van der Waals surface area contributed by atoms with E-state index >= 15 is 0 Å². The standard InChI is InChI=1S/C16H14N4O2.C15H14BrN3O2.2CN.Zn/c1-19-14-13(15(21)20(2)16(19)22)8-12(18-14)7-10-4-3-5-11(6-10)9-17;1-18-13-12(14(20)19(2)15(18)21)8-11(17-13)7-9-4-3-5-10(16)6-9;2*1-2;/h3-6H,7-8H2,1-2H3;3-6H,7-8H2,1-2H3;;;/q;;2*-1;+2. The summed E-state index contributed by atoms with van der Waals surface area (Å²) in [5.41, 5.74) is 4.31. The van der Waals surface area contributed by atoms with Crippen molar-refractivity contribution < 1.29 is 19.5 Å². The molecule has 2 aliphatic rings. The molecule has 0 saturated carbocycles. The second kappa shape index (κ2) is 17.0. The smallest absolute Gasteiger partial charge is 0.512 e. The Bertz CT molecular complexity index is 2240. The molecule has 6 rings (SSSR count). The van der Waals surface area contributed by atoms with E-state index in [1.165, 1.54) is 23.2 Å². The van der Waals surface area contributed by atoms with Crippen LogP contribution < -0.4 is 22.5 Å². The first-order valence-corrected chi connectivity index (χ1v) is 14.7. The van der Waals surface area contributed by atoms with Crippen LogP contribution in [-0.4, -0.2) is 29.7 Å². The number of benzene rings is 2. The van der Waals surface area contributed by atoms with Crippen LogP contribution in [0.25, 0.3) is 0 Å². The van der Waals surface area contributed by atoms with E-state index in [1.54, 1.807) is 20.2 Å². The van der Waals surface area contributed by atoms with Gasteiger partial charge in [-0.25, -0.2) is 19.6 Å². The van der Waals surface area contributed by atoms with E-state index < -0.39 is 0 Å². The summed E-state index contributed by atoms with van der Waals surface area (Å²) in [4.78, 5) is 57.1. The molecule has 13 nitrogen and oxygen atoms in total. The molecule has 0 aliphatic carbocycles. The average molecular weight is 760 g/mol. The second-order valence-electron chi connectivity index (χ2n) is 10.5. The topological polar surface area (TPSA) is 184 Å². The minimum absolute atomic E-state index is 0. The molecule has 0 amide bonds. The fourth-order valence-electron chi connectivity index (χ4n) is 5.26. The van der Waals surface area contributed by atoms with Crippen molar-refractivity contribution in [2.75, 3.05) is 0 Å². The normalized spacial score (nSPS) is 11.7. The van der Waals surface area contributed by atoms with Crippen molar-refractivity contribution in [2.24, 2.45) is 38.2 Å². The molecular formula is C33H28BrN9O4Zn. The maximum absolute atomic E-state index is 12.2. The van der Waals surface area contributed by atoms with Crippen LogP contribution >= 0.6 is 15.9 Å². The molecule has 2 aromatic heterocycles. The molecule has 0 unspecified atom stereocenters. The van der Waals surface area contributed by atoms with Gasteiger partial charge in [-0.05, 0) is 35.4 Å². The van der Waals surface area contributed by atoms with Crippen molar-refractivity contribution >= 4 is 39.0 Å². The average Bonchev–Trinajstić information content (AvgIpc) is 3.71. The van der Waals surface area contributed by atoms with Crippen LogP contribution in [-0.2, 0) is 73.4 Å². The summed E-state index contributed by atoms with van der Waals surface area (Å²) in [5.74, 6) is 0.938. The maximum atomic E-state index is 12.2. The molecule has 238 valence electrons. The van der Waals surface area contributed by atoms with E-state index in [-0.39, 0.29) is 42.0 Å². The van der Waals surface area contributed by atoms with Gasteiger partial charge in [0.15, 0.2) is 0 Å². The summed E-state index contributed by atoms with van der Waals surface area (Å²) >= 11 is 3.44. The van der Waals surface area contributed by atoms with E-state index in [0.29, 0.717) is 54.0 Å². The molecule has 0 saturated heterocycles. The Morgan fingerprint density at radius 2 is 1.12 bits per heavy atom. The van der Waals surface area contributed by atoms with Crippen LogP contribution in [0.15, 0.2) is 82.2 Å². The Morgan fingerprint density at radius 1 is 0.708 bits per heavy atom. The summed E-state index contributed by atoms with van der Waals surface area (Å²) in [6, 6.07) is 17.4. The monoisotopic (exact) mass is 757 g/mol. The zero-order valence-electron chi connectivity index (χ0n) is 26.7. The first-order valence-electron chi connectivity index (χ1n) is 13.9. The van der Waals surface area contributed by atoms with E-state index in [1.807, 2.05) is 42.5 Å². The number of rotatable bonds is 4. The van der Waals surface area contributed by atoms with Gasteiger partial charge in [-0.1, -0.05) is 40.2 Å². The molecule has 0 radical (unpaired) electrons. The molecule has 0 fully saturated rings. The zero-order valence-corrected chi connectivity index (χ0v) is 31.2. The minimum Gasteiger partial charge on any atom is -0.512 e. The van der Waals surface area contributed by atoms with Gasteiger partial charge in [-0.15, -0.1) is 0 Å². The van der Waals surface area contributed by atoms with Crippen molar-refractivity contribution in [3.63, 3.8) is 0 Å². The van der Waals surface area contributed by atoms with E-state index in [2.05, 4.69) is 32.0 Å². The number of hydrogen-bond acceptors (Lipinski definition) is 9. The van der Waals surface area contributed by atoms with Crippen molar-refractivity contribution in [1.82, 2.24) is 18.3 Å². The van der Waals surface area contributed by atoms with E-state index in [9.17, 15) is 19.2 Å². The van der Waals surface area contributed by atoms with E-state index in [4.69, 9.17) is 28.9 Å². The van der Waals surface area contributed by atoms with Gasteiger partial charge in [0.25, 0.3) is 11.1 Å². The van der Waals surface area contributed by atoms with Crippen LogP contribution in [0.4, 0.5) is 11.6 Å². The largest absolute Gasteiger partial charge is 2.00 e. The third-order valence-corrected chi connectivity index (χ3v) is 7.99. The third-order valence-electron chi connectivity index (χ3n) is 7.50. The Hall–Kier alpha value is -5.29. The van der Waals surface area contributed by atoms with Crippen molar-refractivity contribution in [1.29, 1.82) is 15.8 Å². The molecule has 0 bridgehead atoms. The number of nitriles is 1. The Labute approximate surface area is 296 Å². The molecule has 48 heavy (non-hydrogen) atoms. The van der Waals surface area contributed by atoms with Gasteiger partial charge < -0.3 is 23.7 Å². The Morgan fingerprint density at radius 3 is 1.54 bits per heavy atom. The molecule has 15 heteroatoms. The summed E-state index contributed by atoms with van der Waals surface area (Å²) in [5, 5.41) is 21.4. The van der Waals surface area contributed by atoms with Gasteiger partial charge in [0, 0.05) is 69.8 Å². The van der Waals surface area contributed by atoms with Crippen LogP contribution in [0.5, 0.6) is 0 Å². The third kappa shape index (κ3) is 8.16. The molecule has 0 spiro atoms. The summed E-state index contributed by atoms with van der Waals surface area (Å²) in [6.07, 6.45) is 2.17. The summed E-state index contributed by atoms with van der Waals surface area (Å²) in [6.45, 7) is 9.50. The molecule has 4 heterocycles. The number of hydrogen-bond donors (Lipinski definition) is 0. The Kier molecular flexibility index (Phi) is 13.8. The predicted molar refractivity (Wildman–Crippen MR) is 178 cm³/mol. The number of halogens is 1. The molecule has 0 atom stereocenters. The fraction of sp³-hybridized carbons (Fsp3) is 0.242. The number of fused-ring (bicyclic) bond motifs is 2. The van der Waals surface area contributed by atoms with Gasteiger partial charge in [0.05, 0.1) is 22.8 Å². The van der Waals surface area contributed by atoms with Gasteiger partial charge in [0.2, 0.25) is 0 Å². The van der Waals surface area contributed by atoms with Crippen LogP contribution in [0, 0.1) is 35.0 Å². The molecular weight excluding hydrogens is 732 g/mol. The zero-order chi connectivity index (χ0) is 35.0. The molecule has 0 N–H and O–H groups in total. The van der Waals surface area contributed by atoms with Gasteiger partial charge in [-0.2, -0.15) is 5.26 Å². The molecule has 2 aliphatic heterocycles. The Balaban J connectivity index is 0.000000297. The second-order valence-corrected chi connectivity index (χ2v) is 11.4. The number of nitrogens with zero attached hydrogens (tertiary/aromatic N) is 9. The fourth-order valence-corrected chi connectivity index (χ4v) is 5.71. The maximum Gasteiger partial charge on any atom is 2.00 e. The van der Waals surface area contributed by atoms with Crippen molar-refractivity contribution in [3.05, 3.63) is 136 Å². The first kappa shape index (κ1) is 38.9. The number of aliphatic imine (C=N–C) groups is 2. The SMILES string of the molecule is Cn1c2c(c(=O)n(C)c1=O)CC(Cc1cccc(Br)c1)=N2.Cn1c2c(c(=O)n(C)c1=O)CC(Cc1cccc(C#N)c1)=N2.[C-]#N.[C-]#N.[Zn+2]. The first-order chi connectivity index (χ1) is 22.5. The van der Waals surface area contributed by atoms with Gasteiger partial charge >= 0.3 is 30.9 Å². The van der Waals surface area contributed by atoms with Crippen LogP contribution in [0.3, 0.4) is 0 Å². The minimum atomic E-state index is -0.375. The van der Waals surface area contributed by atoms with Crippen molar-refractivity contribution in [2.45, 2.75) is 25.7 Å². The van der Waals surface area contributed by atoms with Crippen molar-refractivity contribution in [3.8, 4) is 6.07 Å². The number of aromatic nitrogens is 4. The predicted octanol–water partition coefficient (Wildman–Crippen LogP) is 2.74. The van der Waals surface area contributed by atoms with E-state index in [0.717, 1.165) is 36.2 Å². The molecule has 2 aromatic carbocycles. The van der Waals surface area contributed by atoms with Gasteiger partial charge in [0.1, 0.15) is 11.6 Å². The summed E-state index contributed by atoms with van der Waals surface area (Å²) in [7, 11) is 6.23. The van der Waals surface area contributed by atoms with Crippen LogP contribution in [0.2, 0.25) is 0 Å². The molecule has 4 aromatic rings. The quantitative estimate of drug-likeness (QED) is 0.226. The van der Waals surface area contributed by atoms with Crippen LogP contribution in [0.1, 0.15) is 27.8 Å². The van der Waals surface area contributed by atoms with Gasteiger partial charge in [-0.3, -0.25) is 27.9 Å².